The zero-order valence-corrected chi connectivity index (χ0v) is 11.9. The standard InChI is InChI=1S/C15H21N3O2/c1-10-2-3-13-12(8-10)9-14(17-16-13)18-6-4-11(5-7-18)15(19)20/h9-11H,2-8H2,1H3,(H,19,20)/t10-/m0/s1. The van der Waals surface area contributed by atoms with Crippen LogP contribution in [-0.2, 0) is 17.6 Å². The van der Waals surface area contributed by atoms with Crippen molar-refractivity contribution >= 4 is 11.8 Å². The lowest BCUT2D eigenvalue weighted by molar-refractivity contribution is -0.142. The lowest BCUT2D eigenvalue weighted by atomic mass is 9.88. The lowest BCUT2D eigenvalue weighted by Crippen LogP contribution is -2.37. The van der Waals surface area contributed by atoms with Gasteiger partial charge in [-0.1, -0.05) is 6.92 Å². The van der Waals surface area contributed by atoms with Gasteiger partial charge in [0.25, 0.3) is 0 Å². The molecule has 0 radical (unpaired) electrons. The van der Waals surface area contributed by atoms with Gasteiger partial charge in [-0.2, -0.15) is 5.10 Å². The first-order valence-corrected chi connectivity index (χ1v) is 7.46. The summed E-state index contributed by atoms with van der Waals surface area (Å²) in [7, 11) is 0. The number of aliphatic carboxylic acids is 1. The Hall–Kier alpha value is -1.65. The van der Waals surface area contributed by atoms with Crippen LogP contribution in [0.2, 0.25) is 0 Å². The number of carboxylic acids is 1. The van der Waals surface area contributed by atoms with Crippen LogP contribution in [0.1, 0.15) is 37.4 Å². The summed E-state index contributed by atoms with van der Waals surface area (Å²) in [6.45, 7) is 3.81. The molecule has 1 aromatic heterocycles. The molecule has 1 aliphatic carbocycles. The molecular formula is C15H21N3O2. The van der Waals surface area contributed by atoms with Gasteiger partial charge < -0.3 is 10.0 Å². The monoisotopic (exact) mass is 275 g/mol. The number of anilines is 1. The Labute approximate surface area is 119 Å². The summed E-state index contributed by atoms with van der Waals surface area (Å²) in [5.74, 6) is 0.769. The molecule has 0 saturated carbocycles. The van der Waals surface area contributed by atoms with Crippen molar-refractivity contribution in [1.82, 2.24) is 10.2 Å². The van der Waals surface area contributed by atoms with Crippen LogP contribution in [-0.4, -0.2) is 34.4 Å². The molecule has 1 aliphatic heterocycles. The Balaban J connectivity index is 1.72. The van der Waals surface area contributed by atoms with E-state index in [1.165, 1.54) is 12.0 Å². The Morgan fingerprint density at radius 3 is 2.75 bits per heavy atom. The van der Waals surface area contributed by atoms with E-state index < -0.39 is 5.97 Å². The number of aryl methyl sites for hydroxylation is 1. The Bertz CT molecular complexity index is 510. The highest BCUT2D eigenvalue weighted by Gasteiger charge is 2.26. The van der Waals surface area contributed by atoms with Gasteiger partial charge in [0, 0.05) is 13.1 Å². The van der Waals surface area contributed by atoms with Gasteiger partial charge in [-0.25, -0.2) is 0 Å². The number of fused-ring (bicyclic) bond motifs is 1. The minimum absolute atomic E-state index is 0.197. The molecule has 2 aliphatic rings. The lowest BCUT2D eigenvalue weighted by Gasteiger charge is -2.31. The van der Waals surface area contributed by atoms with E-state index in [2.05, 4.69) is 28.1 Å². The van der Waals surface area contributed by atoms with Crippen LogP contribution in [0.5, 0.6) is 0 Å². The van der Waals surface area contributed by atoms with Gasteiger partial charge in [-0.15, -0.1) is 5.10 Å². The van der Waals surface area contributed by atoms with Crippen molar-refractivity contribution in [2.75, 3.05) is 18.0 Å². The van der Waals surface area contributed by atoms with E-state index in [0.717, 1.165) is 43.4 Å². The van der Waals surface area contributed by atoms with E-state index in [1.54, 1.807) is 0 Å². The number of hydrogen-bond acceptors (Lipinski definition) is 4. The summed E-state index contributed by atoms with van der Waals surface area (Å²) in [5.41, 5.74) is 2.47. The van der Waals surface area contributed by atoms with Crippen molar-refractivity contribution in [2.45, 2.75) is 39.0 Å². The van der Waals surface area contributed by atoms with Crippen LogP contribution in [0.3, 0.4) is 0 Å². The predicted octanol–water partition coefficient (Wildman–Crippen LogP) is 1.90. The average Bonchev–Trinajstić information content (AvgIpc) is 2.46. The van der Waals surface area contributed by atoms with Crippen LogP contribution in [0.4, 0.5) is 5.82 Å². The molecule has 0 bridgehead atoms. The van der Waals surface area contributed by atoms with Crippen LogP contribution in [0.25, 0.3) is 0 Å². The maximum absolute atomic E-state index is 11.0. The summed E-state index contributed by atoms with van der Waals surface area (Å²) >= 11 is 0. The van der Waals surface area contributed by atoms with Gasteiger partial charge in [-0.05, 0) is 49.7 Å². The van der Waals surface area contributed by atoms with Gasteiger partial charge in [0.05, 0.1) is 11.6 Å². The van der Waals surface area contributed by atoms with Crippen molar-refractivity contribution in [3.8, 4) is 0 Å². The minimum atomic E-state index is -0.671. The second kappa shape index (κ2) is 5.38. The molecule has 5 heteroatoms. The highest BCUT2D eigenvalue weighted by molar-refractivity contribution is 5.70. The maximum atomic E-state index is 11.0. The molecule has 1 N–H and O–H groups in total. The van der Waals surface area contributed by atoms with E-state index in [0.29, 0.717) is 12.8 Å². The van der Waals surface area contributed by atoms with Crippen LogP contribution in [0.15, 0.2) is 6.07 Å². The summed E-state index contributed by atoms with van der Waals surface area (Å²) in [4.78, 5) is 13.2. The van der Waals surface area contributed by atoms with E-state index in [-0.39, 0.29) is 5.92 Å². The largest absolute Gasteiger partial charge is 0.481 e. The molecule has 108 valence electrons. The van der Waals surface area contributed by atoms with E-state index >= 15 is 0 Å². The Kier molecular flexibility index (Phi) is 3.59. The van der Waals surface area contributed by atoms with Crippen molar-refractivity contribution in [1.29, 1.82) is 0 Å². The van der Waals surface area contributed by atoms with Crippen molar-refractivity contribution < 1.29 is 9.90 Å². The molecule has 5 nitrogen and oxygen atoms in total. The third kappa shape index (κ3) is 2.62. The smallest absolute Gasteiger partial charge is 0.306 e. The number of hydrogen-bond donors (Lipinski definition) is 1. The molecule has 0 aromatic carbocycles. The van der Waals surface area contributed by atoms with Crippen LogP contribution in [0, 0.1) is 11.8 Å². The number of carboxylic acid groups (broad SMARTS) is 1. The molecule has 3 rings (SSSR count). The fourth-order valence-electron chi connectivity index (χ4n) is 3.20. The maximum Gasteiger partial charge on any atom is 0.306 e. The Morgan fingerprint density at radius 2 is 2.05 bits per heavy atom. The first-order chi connectivity index (χ1) is 9.63. The third-order valence-electron chi connectivity index (χ3n) is 4.56. The Morgan fingerprint density at radius 1 is 1.30 bits per heavy atom. The SMILES string of the molecule is C[C@H]1CCc2nnc(N3CCC(C(=O)O)CC3)cc2C1. The number of nitrogens with zero attached hydrogens (tertiary/aromatic N) is 3. The molecule has 0 spiro atoms. The molecule has 1 fully saturated rings. The zero-order chi connectivity index (χ0) is 14.1. The van der Waals surface area contributed by atoms with Crippen LogP contribution >= 0.6 is 0 Å². The van der Waals surface area contributed by atoms with Gasteiger partial charge in [0.15, 0.2) is 5.82 Å². The van der Waals surface area contributed by atoms with E-state index in [9.17, 15) is 4.79 Å². The van der Waals surface area contributed by atoms with Crippen molar-refractivity contribution in [3.05, 3.63) is 17.3 Å². The van der Waals surface area contributed by atoms with Gasteiger partial charge in [0.1, 0.15) is 0 Å². The summed E-state index contributed by atoms with van der Waals surface area (Å²) in [6.07, 6.45) is 4.72. The minimum Gasteiger partial charge on any atom is -0.481 e. The molecule has 1 saturated heterocycles. The fraction of sp³-hybridized carbons (Fsp3) is 0.667. The highest BCUT2D eigenvalue weighted by atomic mass is 16.4. The molecule has 20 heavy (non-hydrogen) atoms. The number of piperidine rings is 1. The van der Waals surface area contributed by atoms with E-state index in [4.69, 9.17) is 5.11 Å². The number of rotatable bonds is 2. The summed E-state index contributed by atoms with van der Waals surface area (Å²) in [6, 6.07) is 2.17. The highest BCUT2D eigenvalue weighted by Crippen LogP contribution is 2.27. The quantitative estimate of drug-likeness (QED) is 0.893. The first-order valence-electron chi connectivity index (χ1n) is 7.46. The van der Waals surface area contributed by atoms with Gasteiger partial charge in [0.2, 0.25) is 0 Å². The second-order valence-corrected chi connectivity index (χ2v) is 6.12. The van der Waals surface area contributed by atoms with Crippen molar-refractivity contribution in [3.63, 3.8) is 0 Å². The first kappa shape index (κ1) is 13.3. The molecule has 0 amide bonds. The second-order valence-electron chi connectivity index (χ2n) is 6.12. The molecule has 1 atom stereocenters. The predicted molar refractivity (Wildman–Crippen MR) is 75.8 cm³/mol. The van der Waals surface area contributed by atoms with Crippen LogP contribution < -0.4 is 4.90 Å². The summed E-state index contributed by atoms with van der Waals surface area (Å²) < 4.78 is 0. The fourth-order valence-corrected chi connectivity index (χ4v) is 3.20. The molecule has 1 aromatic rings. The topological polar surface area (TPSA) is 66.3 Å². The normalized spacial score (nSPS) is 23.4. The molecule has 0 unspecified atom stereocenters. The molecule has 2 heterocycles. The summed E-state index contributed by atoms with van der Waals surface area (Å²) in [5, 5.41) is 17.7. The number of carbonyl (C=O) groups is 1. The average molecular weight is 275 g/mol. The third-order valence-corrected chi connectivity index (χ3v) is 4.56. The van der Waals surface area contributed by atoms with Gasteiger partial charge in [-0.3, -0.25) is 4.79 Å². The number of aromatic nitrogens is 2. The van der Waals surface area contributed by atoms with Crippen molar-refractivity contribution in [2.24, 2.45) is 11.8 Å². The van der Waals surface area contributed by atoms with Gasteiger partial charge >= 0.3 is 5.97 Å². The van der Waals surface area contributed by atoms with E-state index in [1.807, 2.05) is 0 Å². The molecular weight excluding hydrogens is 254 g/mol. The zero-order valence-electron chi connectivity index (χ0n) is 11.9.